The van der Waals surface area contributed by atoms with E-state index in [2.05, 4.69) is 5.32 Å². The van der Waals surface area contributed by atoms with Crippen LogP contribution in [-0.4, -0.2) is 17.6 Å². The molecule has 0 aromatic heterocycles. The SMILES string of the molecule is CCCNC(C(=O)O)c1ccc(C(F)(F)F)cc1. The number of alkyl halides is 3. The molecule has 0 saturated heterocycles. The highest BCUT2D eigenvalue weighted by atomic mass is 19.4. The molecule has 0 bridgehead atoms. The van der Waals surface area contributed by atoms with E-state index in [1.54, 1.807) is 0 Å². The average Bonchev–Trinajstić information content (AvgIpc) is 2.28. The Morgan fingerprint density at radius 3 is 2.28 bits per heavy atom. The summed E-state index contributed by atoms with van der Waals surface area (Å²) in [7, 11) is 0. The summed E-state index contributed by atoms with van der Waals surface area (Å²) in [6.45, 7) is 2.36. The molecule has 3 nitrogen and oxygen atoms in total. The van der Waals surface area contributed by atoms with Crippen molar-refractivity contribution in [3.63, 3.8) is 0 Å². The first-order valence-corrected chi connectivity index (χ1v) is 5.49. The maximum absolute atomic E-state index is 12.3. The minimum absolute atomic E-state index is 0.309. The van der Waals surface area contributed by atoms with Crippen LogP contribution in [0.2, 0.25) is 0 Å². The van der Waals surface area contributed by atoms with Crippen molar-refractivity contribution in [1.82, 2.24) is 5.32 Å². The summed E-state index contributed by atoms with van der Waals surface area (Å²) in [5.74, 6) is -1.11. The van der Waals surface area contributed by atoms with Gasteiger partial charge in [0.2, 0.25) is 0 Å². The maximum atomic E-state index is 12.3. The summed E-state index contributed by atoms with van der Waals surface area (Å²) in [6.07, 6.45) is -3.67. The summed E-state index contributed by atoms with van der Waals surface area (Å²) in [4.78, 5) is 11.0. The lowest BCUT2D eigenvalue weighted by atomic mass is 10.0. The summed E-state index contributed by atoms with van der Waals surface area (Å²) in [5, 5.41) is 11.8. The number of hydrogen-bond acceptors (Lipinski definition) is 2. The number of halogens is 3. The Hall–Kier alpha value is -1.56. The van der Waals surface area contributed by atoms with Crippen LogP contribution in [0, 0.1) is 0 Å². The van der Waals surface area contributed by atoms with Gasteiger partial charge >= 0.3 is 12.1 Å². The van der Waals surface area contributed by atoms with Crippen LogP contribution in [-0.2, 0) is 11.0 Å². The van der Waals surface area contributed by atoms with Crippen molar-refractivity contribution in [2.75, 3.05) is 6.54 Å². The molecule has 0 fully saturated rings. The molecule has 0 radical (unpaired) electrons. The second kappa shape index (κ2) is 5.86. The highest BCUT2D eigenvalue weighted by Crippen LogP contribution is 2.29. The first kappa shape index (κ1) is 14.5. The Morgan fingerprint density at radius 2 is 1.89 bits per heavy atom. The molecule has 100 valence electrons. The van der Waals surface area contributed by atoms with Crippen molar-refractivity contribution in [2.45, 2.75) is 25.6 Å². The van der Waals surface area contributed by atoms with E-state index in [9.17, 15) is 18.0 Å². The molecule has 1 aromatic rings. The van der Waals surface area contributed by atoms with E-state index < -0.39 is 23.8 Å². The number of carbonyl (C=O) groups is 1. The predicted octanol–water partition coefficient (Wildman–Crippen LogP) is 2.83. The fraction of sp³-hybridized carbons (Fsp3) is 0.417. The third-order valence-electron chi connectivity index (χ3n) is 2.42. The van der Waals surface area contributed by atoms with Crippen molar-refractivity contribution in [3.8, 4) is 0 Å². The van der Waals surface area contributed by atoms with Gasteiger partial charge in [-0.25, -0.2) is 0 Å². The standard InChI is InChI=1S/C12H14F3NO2/c1-2-7-16-10(11(17)18)8-3-5-9(6-4-8)12(13,14)15/h3-6,10,16H,2,7H2,1H3,(H,17,18). The van der Waals surface area contributed by atoms with Gasteiger partial charge in [0.05, 0.1) is 5.56 Å². The zero-order chi connectivity index (χ0) is 13.8. The molecule has 6 heteroatoms. The molecule has 0 aliphatic heterocycles. The van der Waals surface area contributed by atoms with Crippen LogP contribution >= 0.6 is 0 Å². The number of aliphatic carboxylic acids is 1. The molecule has 1 atom stereocenters. The van der Waals surface area contributed by atoms with Gasteiger partial charge in [-0.05, 0) is 30.7 Å². The van der Waals surface area contributed by atoms with Gasteiger partial charge in [-0.3, -0.25) is 4.79 Å². The van der Waals surface area contributed by atoms with Crippen LogP contribution in [0.1, 0.15) is 30.5 Å². The van der Waals surface area contributed by atoms with Crippen LogP contribution in [0.5, 0.6) is 0 Å². The van der Waals surface area contributed by atoms with Crippen molar-refractivity contribution < 1.29 is 23.1 Å². The van der Waals surface area contributed by atoms with Gasteiger partial charge in [-0.1, -0.05) is 19.1 Å². The molecule has 0 spiro atoms. The highest BCUT2D eigenvalue weighted by Gasteiger charge is 2.30. The molecule has 0 aliphatic rings. The van der Waals surface area contributed by atoms with Crippen LogP contribution in [0.25, 0.3) is 0 Å². The molecule has 2 N–H and O–H groups in total. The van der Waals surface area contributed by atoms with Crippen LogP contribution in [0.3, 0.4) is 0 Å². The normalized spacial score (nSPS) is 13.3. The molecule has 0 aliphatic carbocycles. The van der Waals surface area contributed by atoms with Gasteiger partial charge < -0.3 is 10.4 Å². The molecule has 1 aromatic carbocycles. The highest BCUT2D eigenvalue weighted by molar-refractivity contribution is 5.75. The van der Waals surface area contributed by atoms with Crippen LogP contribution in [0.15, 0.2) is 24.3 Å². The minimum atomic E-state index is -4.41. The number of benzene rings is 1. The van der Waals surface area contributed by atoms with Gasteiger partial charge in [0.25, 0.3) is 0 Å². The van der Waals surface area contributed by atoms with E-state index in [-0.39, 0.29) is 0 Å². The van der Waals surface area contributed by atoms with Crippen LogP contribution < -0.4 is 5.32 Å². The zero-order valence-electron chi connectivity index (χ0n) is 9.79. The summed E-state index contributed by atoms with van der Waals surface area (Å²) >= 11 is 0. The van der Waals surface area contributed by atoms with E-state index in [4.69, 9.17) is 5.11 Å². The fourth-order valence-corrected chi connectivity index (χ4v) is 1.50. The van der Waals surface area contributed by atoms with Gasteiger partial charge in [0.1, 0.15) is 6.04 Å². The number of carboxylic acids is 1. The Morgan fingerprint density at radius 1 is 1.33 bits per heavy atom. The first-order chi connectivity index (χ1) is 8.36. The number of nitrogens with one attached hydrogen (secondary N) is 1. The molecule has 1 unspecified atom stereocenters. The van der Waals surface area contributed by atoms with Crippen LogP contribution in [0.4, 0.5) is 13.2 Å². The lowest BCUT2D eigenvalue weighted by Gasteiger charge is -2.15. The minimum Gasteiger partial charge on any atom is -0.480 e. The summed E-state index contributed by atoms with van der Waals surface area (Å²) in [5.41, 5.74) is -0.477. The molecule has 18 heavy (non-hydrogen) atoms. The molecule has 1 rings (SSSR count). The van der Waals surface area contributed by atoms with Crippen molar-refractivity contribution in [2.24, 2.45) is 0 Å². The smallest absolute Gasteiger partial charge is 0.416 e. The number of rotatable bonds is 5. The lowest BCUT2D eigenvalue weighted by Crippen LogP contribution is -2.29. The Labute approximate surface area is 103 Å². The van der Waals surface area contributed by atoms with Gasteiger partial charge in [0.15, 0.2) is 0 Å². The van der Waals surface area contributed by atoms with Gasteiger partial charge in [0, 0.05) is 0 Å². The average molecular weight is 261 g/mol. The molecule has 0 saturated carbocycles. The van der Waals surface area contributed by atoms with Crippen molar-refractivity contribution >= 4 is 5.97 Å². The van der Waals surface area contributed by atoms with Crippen molar-refractivity contribution in [1.29, 1.82) is 0 Å². The summed E-state index contributed by atoms with van der Waals surface area (Å²) < 4.78 is 37.0. The first-order valence-electron chi connectivity index (χ1n) is 5.49. The second-order valence-electron chi connectivity index (χ2n) is 3.85. The van der Waals surface area contributed by atoms with Crippen molar-refractivity contribution in [3.05, 3.63) is 35.4 Å². The molecule has 0 amide bonds. The maximum Gasteiger partial charge on any atom is 0.416 e. The third kappa shape index (κ3) is 3.73. The lowest BCUT2D eigenvalue weighted by molar-refractivity contribution is -0.139. The van der Waals surface area contributed by atoms with E-state index in [0.29, 0.717) is 12.1 Å². The predicted molar refractivity (Wildman–Crippen MR) is 60.1 cm³/mol. The van der Waals surface area contributed by atoms with E-state index >= 15 is 0 Å². The molecule has 0 heterocycles. The Kier molecular flexibility index (Phi) is 4.72. The quantitative estimate of drug-likeness (QED) is 0.856. The van der Waals surface area contributed by atoms with E-state index in [1.165, 1.54) is 12.1 Å². The van der Waals surface area contributed by atoms with Gasteiger partial charge in [-0.2, -0.15) is 13.2 Å². The topological polar surface area (TPSA) is 49.3 Å². The fourth-order valence-electron chi connectivity index (χ4n) is 1.50. The largest absolute Gasteiger partial charge is 0.480 e. The zero-order valence-corrected chi connectivity index (χ0v) is 9.79. The van der Waals surface area contributed by atoms with E-state index in [1.807, 2.05) is 6.92 Å². The second-order valence-corrected chi connectivity index (χ2v) is 3.85. The monoisotopic (exact) mass is 261 g/mol. The third-order valence-corrected chi connectivity index (χ3v) is 2.42. The molecular weight excluding hydrogens is 247 g/mol. The molecular formula is C12H14F3NO2. The number of carboxylic acid groups (broad SMARTS) is 1. The van der Waals surface area contributed by atoms with Gasteiger partial charge in [-0.15, -0.1) is 0 Å². The summed E-state index contributed by atoms with van der Waals surface area (Å²) in [6, 6.07) is 3.17. The Bertz CT molecular complexity index is 401. The number of hydrogen-bond donors (Lipinski definition) is 2. The Balaban J connectivity index is 2.90. The van der Waals surface area contributed by atoms with E-state index in [0.717, 1.165) is 18.6 Å².